The van der Waals surface area contributed by atoms with E-state index >= 15 is 0 Å². The van der Waals surface area contributed by atoms with Gasteiger partial charge >= 0.3 is 17.9 Å². The fourth-order valence-corrected chi connectivity index (χ4v) is 11.6. The molecule has 248 valence electrons. The maximum absolute atomic E-state index is 13.3. The van der Waals surface area contributed by atoms with Crippen LogP contribution in [0.4, 0.5) is 0 Å². The number of carbonyl (C=O) groups is 3. The summed E-state index contributed by atoms with van der Waals surface area (Å²) in [5.74, 6) is -0.830. The van der Waals surface area contributed by atoms with E-state index in [9.17, 15) is 19.5 Å². The second-order valence-corrected chi connectivity index (χ2v) is 16.8. The fraction of sp³-hybridized carbons (Fsp3) is 0.861. The number of carboxylic acid groups (broad SMARTS) is 1. The van der Waals surface area contributed by atoms with E-state index in [0.29, 0.717) is 32.0 Å². The molecule has 1 saturated heterocycles. The molecule has 3 saturated carbocycles. The number of esters is 2. The summed E-state index contributed by atoms with van der Waals surface area (Å²) < 4.78 is 18.6. The predicted octanol–water partition coefficient (Wildman–Crippen LogP) is 6.16. The Balaban J connectivity index is 1.59. The predicted molar refractivity (Wildman–Crippen MR) is 167 cm³/mol. The lowest BCUT2D eigenvalue weighted by Crippen LogP contribution is -2.70. The molecule has 12 atom stereocenters. The average Bonchev–Trinajstić information content (AvgIpc) is 2.90. The zero-order chi connectivity index (χ0) is 32.6. The molecule has 5 rings (SSSR count). The van der Waals surface area contributed by atoms with Gasteiger partial charge in [-0.05, 0) is 85.4 Å². The minimum Gasteiger partial charge on any atom is -0.481 e. The van der Waals surface area contributed by atoms with E-state index in [1.54, 1.807) is 6.92 Å². The van der Waals surface area contributed by atoms with Gasteiger partial charge in [-0.25, -0.2) is 0 Å². The molecule has 0 radical (unpaired) electrons. The van der Waals surface area contributed by atoms with Crippen molar-refractivity contribution < 1.29 is 33.7 Å². The SMILES string of the molecule is CC(=O)O[C@@H]1C[C@]23COC[C@@](C)([C@@H]2CC[C@H]2C3=CC[C@@]3(C)[C@H](C(=O)O)[C@@](C)([C@H](C)C(C)C)CC[C@]23C)[C@H]1OC(=O)CC(C)N. The highest BCUT2D eigenvalue weighted by atomic mass is 16.6. The Bertz CT molecular complexity index is 1210. The number of rotatable bonds is 7. The first kappa shape index (κ1) is 33.4. The van der Waals surface area contributed by atoms with Crippen molar-refractivity contribution in [2.24, 2.45) is 62.4 Å². The van der Waals surface area contributed by atoms with Crippen LogP contribution in [-0.4, -0.2) is 54.5 Å². The van der Waals surface area contributed by atoms with Gasteiger partial charge in [-0.3, -0.25) is 14.4 Å². The third-order valence-corrected chi connectivity index (χ3v) is 14.1. The van der Waals surface area contributed by atoms with Crippen molar-refractivity contribution in [1.29, 1.82) is 0 Å². The highest BCUT2D eigenvalue weighted by molar-refractivity contribution is 5.73. The first-order valence-corrected chi connectivity index (χ1v) is 17.0. The third kappa shape index (κ3) is 4.70. The zero-order valence-corrected chi connectivity index (χ0v) is 28.5. The van der Waals surface area contributed by atoms with Crippen LogP contribution in [0, 0.1) is 56.7 Å². The van der Waals surface area contributed by atoms with Crippen molar-refractivity contribution in [1.82, 2.24) is 0 Å². The van der Waals surface area contributed by atoms with Crippen molar-refractivity contribution in [3.05, 3.63) is 11.6 Å². The minimum absolute atomic E-state index is 0.0965. The molecule has 3 N–H and O–H groups in total. The Morgan fingerprint density at radius 1 is 1.02 bits per heavy atom. The summed E-state index contributed by atoms with van der Waals surface area (Å²) in [6, 6.07) is -0.332. The zero-order valence-electron chi connectivity index (χ0n) is 28.5. The molecule has 1 unspecified atom stereocenters. The second-order valence-electron chi connectivity index (χ2n) is 16.8. The number of aliphatic carboxylic acids is 1. The van der Waals surface area contributed by atoms with Crippen molar-refractivity contribution in [3.63, 3.8) is 0 Å². The van der Waals surface area contributed by atoms with E-state index in [1.807, 2.05) is 0 Å². The van der Waals surface area contributed by atoms with Gasteiger partial charge in [-0.1, -0.05) is 60.1 Å². The summed E-state index contributed by atoms with van der Waals surface area (Å²) in [5.41, 5.74) is 5.46. The van der Waals surface area contributed by atoms with Gasteiger partial charge < -0.3 is 25.1 Å². The monoisotopic (exact) mass is 615 g/mol. The van der Waals surface area contributed by atoms with Crippen LogP contribution in [0.3, 0.4) is 0 Å². The van der Waals surface area contributed by atoms with Crippen LogP contribution in [0.25, 0.3) is 0 Å². The van der Waals surface area contributed by atoms with Gasteiger partial charge in [-0.2, -0.15) is 0 Å². The van der Waals surface area contributed by atoms with Crippen molar-refractivity contribution >= 4 is 17.9 Å². The van der Waals surface area contributed by atoms with Gasteiger partial charge in [0.05, 0.1) is 25.6 Å². The summed E-state index contributed by atoms with van der Waals surface area (Å²) in [5, 5.41) is 10.9. The Labute approximate surface area is 264 Å². The Hall–Kier alpha value is -1.93. The number of hydrogen-bond acceptors (Lipinski definition) is 7. The molecule has 44 heavy (non-hydrogen) atoms. The Morgan fingerprint density at radius 3 is 2.30 bits per heavy atom. The van der Waals surface area contributed by atoms with Crippen LogP contribution in [0.1, 0.15) is 107 Å². The Morgan fingerprint density at radius 2 is 1.70 bits per heavy atom. The molecule has 2 bridgehead atoms. The van der Waals surface area contributed by atoms with Crippen LogP contribution in [0.15, 0.2) is 11.6 Å². The molecule has 5 aliphatic rings. The van der Waals surface area contributed by atoms with Crippen LogP contribution in [0.5, 0.6) is 0 Å². The molecular formula is C36H57NO7. The molecule has 4 aliphatic carbocycles. The van der Waals surface area contributed by atoms with Crippen molar-refractivity contribution in [2.45, 2.75) is 126 Å². The van der Waals surface area contributed by atoms with E-state index < -0.39 is 34.9 Å². The van der Waals surface area contributed by atoms with E-state index in [4.69, 9.17) is 19.9 Å². The van der Waals surface area contributed by atoms with Gasteiger partial charge in [-0.15, -0.1) is 0 Å². The maximum atomic E-state index is 13.3. The van der Waals surface area contributed by atoms with Crippen LogP contribution in [0.2, 0.25) is 0 Å². The smallest absolute Gasteiger partial charge is 0.307 e. The molecule has 8 heteroatoms. The molecule has 1 aliphatic heterocycles. The Kier molecular flexibility index (Phi) is 8.44. The molecule has 8 nitrogen and oxygen atoms in total. The lowest BCUT2D eigenvalue weighted by Gasteiger charge is -2.71. The largest absolute Gasteiger partial charge is 0.481 e. The standard InChI is InChI=1S/C36H57NO7/c1-20(2)22(4)32(6)14-15-34(8)24-10-11-27-33(7)18-42-19-36(27,25(24)12-13-35(34,9)29(32)31(40)41)17-26(43-23(5)38)30(33)44-28(39)16-21(3)37/h12,20-22,24,26-27,29-30H,10-11,13-19,37H2,1-9H3,(H,40,41)/t21?,22-,24+,26-,27+,29-,30+,32-,33+,34-,35+,36-/m1/s1. The highest BCUT2D eigenvalue weighted by Crippen LogP contribution is 2.75. The molecule has 1 heterocycles. The highest BCUT2D eigenvalue weighted by Gasteiger charge is 2.72. The molecule has 0 aromatic heterocycles. The van der Waals surface area contributed by atoms with E-state index in [-0.39, 0.29) is 58.4 Å². The van der Waals surface area contributed by atoms with Gasteiger partial charge in [0.2, 0.25) is 0 Å². The number of fused-ring (bicyclic) bond motifs is 3. The van der Waals surface area contributed by atoms with Gasteiger partial charge in [0.25, 0.3) is 0 Å². The minimum atomic E-state index is -0.672. The van der Waals surface area contributed by atoms with Crippen LogP contribution >= 0.6 is 0 Å². The second kappa shape index (κ2) is 11.1. The fourth-order valence-electron chi connectivity index (χ4n) is 11.6. The van der Waals surface area contributed by atoms with Crippen molar-refractivity contribution in [3.8, 4) is 0 Å². The summed E-state index contributed by atoms with van der Waals surface area (Å²) in [4.78, 5) is 38.7. The number of ether oxygens (including phenoxy) is 3. The number of carbonyl (C=O) groups excluding carboxylic acids is 2. The van der Waals surface area contributed by atoms with E-state index in [0.717, 1.165) is 25.7 Å². The summed E-state index contributed by atoms with van der Waals surface area (Å²) in [7, 11) is 0. The molecule has 4 fully saturated rings. The number of allylic oxidation sites excluding steroid dienone is 1. The van der Waals surface area contributed by atoms with E-state index in [2.05, 4.69) is 54.5 Å². The average molecular weight is 616 g/mol. The van der Waals surface area contributed by atoms with Crippen LogP contribution in [-0.2, 0) is 28.6 Å². The lowest BCUT2D eigenvalue weighted by atomic mass is 9.34. The first-order chi connectivity index (χ1) is 20.4. The van der Waals surface area contributed by atoms with Crippen molar-refractivity contribution in [2.75, 3.05) is 13.2 Å². The number of nitrogens with two attached hydrogens (primary N) is 1. The molecule has 0 amide bonds. The van der Waals surface area contributed by atoms with Gasteiger partial charge in [0.15, 0.2) is 0 Å². The molecular weight excluding hydrogens is 558 g/mol. The number of carboxylic acids is 1. The normalized spacial score (nSPS) is 46.0. The molecule has 0 aromatic carbocycles. The first-order valence-electron chi connectivity index (χ1n) is 17.0. The summed E-state index contributed by atoms with van der Waals surface area (Å²) >= 11 is 0. The summed E-state index contributed by atoms with van der Waals surface area (Å²) in [6.07, 6.45) is 6.24. The topological polar surface area (TPSA) is 125 Å². The maximum Gasteiger partial charge on any atom is 0.307 e. The summed E-state index contributed by atoms with van der Waals surface area (Å²) in [6.45, 7) is 19.8. The molecule has 0 aromatic rings. The van der Waals surface area contributed by atoms with Crippen LogP contribution < -0.4 is 5.73 Å². The number of hydrogen-bond donors (Lipinski definition) is 2. The molecule has 0 spiro atoms. The van der Waals surface area contributed by atoms with Gasteiger partial charge in [0, 0.05) is 23.8 Å². The van der Waals surface area contributed by atoms with Gasteiger partial charge in [0.1, 0.15) is 12.2 Å². The van der Waals surface area contributed by atoms with E-state index in [1.165, 1.54) is 12.5 Å². The quantitative estimate of drug-likeness (QED) is 0.258. The third-order valence-electron chi connectivity index (χ3n) is 14.1. The lowest BCUT2D eigenvalue weighted by molar-refractivity contribution is -0.263.